The molecule has 3 saturated heterocycles. The van der Waals surface area contributed by atoms with Crippen molar-refractivity contribution in [3.63, 3.8) is 0 Å². The zero-order chi connectivity index (χ0) is 16.1. The molecule has 0 spiro atoms. The molecule has 0 aliphatic carbocycles. The summed E-state index contributed by atoms with van der Waals surface area (Å²) in [5.74, 6) is -0.135. The largest absolute Gasteiger partial charge is 0.380 e. The Morgan fingerprint density at radius 1 is 1.17 bits per heavy atom. The third kappa shape index (κ3) is 2.42. The van der Waals surface area contributed by atoms with E-state index in [0.29, 0.717) is 39.3 Å². The average molecular weight is 384 g/mol. The minimum Gasteiger partial charge on any atom is -0.380 e. The van der Waals surface area contributed by atoms with E-state index in [2.05, 4.69) is 15.9 Å². The van der Waals surface area contributed by atoms with E-state index in [1.165, 1.54) is 12.1 Å². The van der Waals surface area contributed by atoms with Crippen LogP contribution in [0, 0.1) is 16.6 Å². The number of halogens is 2. The number of carbonyl (C=O) groups is 1. The van der Waals surface area contributed by atoms with Crippen LogP contribution >= 0.6 is 15.9 Å². The second-order valence-electron chi connectivity index (χ2n) is 7.03. The van der Waals surface area contributed by atoms with Gasteiger partial charge in [0.1, 0.15) is 5.82 Å². The highest BCUT2D eigenvalue weighted by Gasteiger charge is 2.65. The van der Waals surface area contributed by atoms with Gasteiger partial charge in [0.15, 0.2) is 0 Å². The summed E-state index contributed by atoms with van der Waals surface area (Å²) in [6.07, 6.45) is 0.941. The van der Waals surface area contributed by atoms with E-state index < -0.39 is 0 Å². The first kappa shape index (κ1) is 15.5. The molecule has 1 amide bonds. The summed E-state index contributed by atoms with van der Waals surface area (Å²) in [4.78, 5) is 14.6. The summed E-state index contributed by atoms with van der Waals surface area (Å²) in [6.45, 7) is 4.18. The summed E-state index contributed by atoms with van der Waals surface area (Å²) < 4.78 is 25.5. The van der Waals surface area contributed by atoms with Crippen molar-refractivity contribution >= 4 is 21.8 Å². The van der Waals surface area contributed by atoms with Crippen LogP contribution in [0.2, 0.25) is 0 Å². The molecule has 1 aromatic carbocycles. The molecule has 3 heterocycles. The molecule has 3 aliphatic rings. The molecular formula is C17H19BrFNO3. The van der Waals surface area contributed by atoms with Crippen LogP contribution in [0.1, 0.15) is 12.0 Å². The van der Waals surface area contributed by atoms with Gasteiger partial charge in [-0.1, -0.05) is 15.9 Å². The molecule has 1 aromatic rings. The predicted molar refractivity (Wildman–Crippen MR) is 85.5 cm³/mol. The Morgan fingerprint density at radius 3 is 2.39 bits per heavy atom. The van der Waals surface area contributed by atoms with Crippen LogP contribution in [-0.4, -0.2) is 50.3 Å². The third-order valence-corrected chi connectivity index (χ3v) is 6.37. The van der Waals surface area contributed by atoms with E-state index in [1.54, 1.807) is 6.07 Å². The van der Waals surface area contributed by atoms with Gasteiger partial charge >= 0.3 is 0 Å². The molecule has 0 radical (unpaired) electrons. The fourth-order valence-corrected chi connectivity index (χ4v) is 4.64. The van der Waals surface area contributed by atoms with Crippen molar-refractivity contribution in [2.45, 2.75) is 12.8 Å². The first-order valence-corrected chi connectivity index (χ1v) is 8.70. The third-order valence-electron chi connectivity index (χ3n) is 5.59. The van der Waals surface area contributed by atoms with Crippen molar-refractivity contribution in [3.8, 4) is 0 Å². The number of amides is 1. The Kier molecular flexibility index (Phi) is 3.74. The van der Waals surface area contributed by atoms with Crippen LogP contribution in [0.5, 0.6) is 0 Å². The van der Waals surface area contributed by atoms with Crippen LogP contribution in [0.15, 0.2) is 22.7 Å². The number of benzene rings is 1. The minimum atomic E-state index is -0.270. The fraction of sp³-hybridized carbons (Fsp3) is 0.588. The molecule has 124 valence electrons. The van der Waals surface area contributed by atoms with Gasteiger partial charge in [0.05, 0.1) is 26.4 Å². The lowest BCUT2D eigenvalue weighted by Gasteiger charge is -2.25. The van der Waals surface area contributed by atoms with Crippen molar-refractivity contribution in [3.05, 3.63) is 34.1 Å². The molecule has 23 heavy (non-hydrogen) atoms. The zero-order valence-corrected chi connectivity index (χ0v) is 14.4. The number of carbonyl (C=O) groups excluding carboxylic acids is 1. The summed E-state index contributed by atoms with van der Waals surface area (Å²) in [6, 6.07) is 4.59. The lowest BCUT2D eigenvalue weighted by Crippen LogP contribution is -2.38. The summed E-state index contributed by atoms with van der Waals surface area (Å²) in [7, 11) is 0. The van der Waals surface area contributed by atoms with Crippen LogP contribution in [0.4, 0.5) is 4.39 Å². The predicted octanol–water partition coefficient (Wildman–Crippen LogP) is 2.40. The SMILES string of the molecule is O=C(CCc1cc(F)ccc1Br)N1CC23COCC2(COC3)C1. The molecule has 0 unspecified atom stereocenters. The molecule has 4 nitrogen and oxygen atoms in total. The van der Waals surface area contributed by atoms with Gasteiger partial charge in [-0.25, -0.2) is 4.39 Å². The van der Waals surface area contributed by atoms with Crippen molar-refractivity contribution in [2.24, 2.45) is 10.8 Å². The van der Waals surface area contributed by atoms with Gasteiger partial charge in [0.25, 0.3) is 0 Å². The maximum atomic E-state index is 13.3. The summed E-state index contributed by atoms with van der Waals surface area (Å²) in [5, 5.41) is 0. The zero-order valence-electron chi connectivity index (χ0n) is 12.8. The summed E-state index contributed by atoms with van der Waals surface area (Å²) in [5.41, 5.74) is 0.811. The number of hydrogen-bond acceptors (Lipinski definition) is 3. The normalized spacial score (nSPS) is 32.2. The topological polar surface area (TPSA) is 38.8 Å². The smallest absolute Gasteiger partial charge is 0.222 e. The highest BCUT2D eigenvalue weighted by molar-refractivity contribution is 9.10. The Balaban J connectivity index is 1.42. The van der Waals surface area contributed by atoms with Gasteiger partial charge in [0.2, 0.25) is 5.91 Å². The molecule has 6 heteroatoms. The van der Waals surface area contributed by atoms with E-state index >= 15 is 0 Å². The Labute approximate surface area is 143 Å². The van der Waals surface area contributed by atoms with E-state index in [4.69, 9.17) is 9.47 Å². The van der Waals surface area contributed by atoms with E-state index in [9.17, 15) is 9.18 Å². The van der Waals surface area contributed by atoms with Gasteiger partial charge in [0, 0.05) is 34.8 Å². The highest BCUT2D eigenvalue weighted by atomic mass is 79.9. The Morgan fingerprint density at radius 2 is 1.78 bits per heavy atom. The van der Waals surface area contributed by atoms with Crippen LogP contribution < -0.4 is 0 Å². The molecule has 0 aromatic heterocycles. The first-order chi connectivity index (χ1) is 11.0. The molecular weight excluding hydrogens is 365 g/mol. The quantitative estimate of drug-likeness (QED) is 0.804. The maximum Gasteiger partial charge on any atom is 0.222 e. The molecule has 3 fully saturated rings. The van der Waals surface area contributed by atoms with Crippen LogP contribution in [-0.2, 0) is 20.7 Å². The van der Waals surface area contributed by atoms with Crippen LogP contribution in [0.3, 0.4) is 0 Å². The van der Waals surface area contributed by atoms with E-state index in [1.807, 2.05) is 4.90 Å². The van der Waals surface area contributed by atoms with Gasteiger partial charge in [-0.05, 0) is 30.2 Å². The molecule has 0 N–H and O–H groups in total. The standard InChI is InChI=1S/C17H19BrFNO3/c18-14-3-2-13(19)5-12(14)1-4-15(21)20-6-16-8-22-10-17(16,7-20)11-23-9-16/h2-3,5H,1,4,6-11H2. The van der Waals surface area contributed by atoms with Gasteiger partial charge in [-0.15, -0.1) is 0 Å². The first-order valence-electron chi connectivity index (χ1n) is 7.91. The molecule has 0 bridgehead atoms. The number of hydrogen-bond donors (Lipinski definition) is 0. The number of rotatable bonds is 3. The monoisotopic (exact) mass is 383 g/mol. The number of likely N-dealkylation sites (tertiary alicyclic amines) is 1. The van der Waals surface area contributed by atoms with Crippen molar-refractivity contribution < 1.29 is 18.7 Å². The van der Waals surface area contributed by atoms with Crippen molar-refractivity contribution in [1.29, 1.82) is 0 Å². The highest BCUT2D eigenvalue weighted by Crippen LogP contribution is 2.55. The average Bonchev–Trinajstić information content (AvgIpc) is 3.09. The lowest BCUT2D eigenvalue weighted by molar-refractivity contribution is -0.131. The second-order valence-corrected chi connectivity index (χ2v) is 7.89. The maximum absolute atomic E-state index is 13.3. The molecule has 4 rings (SSSR count). The van der Waals surface area contributed by atoms with Gasteiger partial charge < -0.3 is 14.4 Å². The molecule has 0 atom stereocenters. The fourth-order valence-electron chi connectivity index (χ4n) is 4.19. The van der Waals surface area contributed by atoms with E-state index in [0.717, 1.165) is 23.1 Å². The Hall–Kier alpha value is -0.980. The number of ether oxygens (including phenoxy) is 2. The minimum absolute atomic E-state index is 0.0118. The number of aryl methyl sites for hydroxylation is 1. The second kappa shape index (κ2) is 5.53. The van der Waals surface area contributed by atoms with Crippen molar-refractivity contribution in [1.82, 2.24) is 4.90 Å². The molecule has 0 saturated carbocycles. The Bertz CT molecular complexity index is 621. The van der Waals surface area contributed by atoms with Gasteiger partial charge in [-0.2, -0.15) is 0 Å². The van der Waals surface area contributed by atoms with Gasteiger partial charge in [-0.3, -0.25) is 4.79 Å². The lowest BCUT2D eigenvalue weighted by atomic mass is 9.71. The van der Waals surface area contributed by atoms with Crippen molar-refractivity contribution in [2.75, 3.05) is 39.5 Å². The summed E-state index contributed by atoms with van der Waals surface area (Å²) >= 11 is 3.42. The van der Waals surface area contributed by atoms with Crippen LogP contribution in [0.25, 0.3) is 0 Å². The number of nitrogens with zero attached hydrogens (tertiary/aromatic N) is 1. The van der Waals surface area contributed by atoms with E-state index in [-0.39, 0.29) is 22.6 Å². The molecule has 3 aliphatic heterocycles.